The second kappa shape index (κ2) is 8.97. The van der Waals surface area contributed by atoms with E-state index in [4.69, 9.17) is 0 Å². The second-order valence-electron chi connectivity index (χ2n) is 8.32. The van der Waals surface area contributed by atoms with Gasteiger partial charge in [0.1, 0.15) is 17.6 Å². The Kier molecular flexibility index (Phi) is 6.31. The Morgan fingerprint density at radius 2 is 1.94 bits per heavy atom. The van der Waals surface area contributed by atoms with Gasteiger partial charge in [-0.1, -0.05) is 12.8 Å². The van der Waals surface area contributed by atoms with Crippen molar-refractivity contribution in [3.8, 4) is 0 Å². The fourth-order valence-electron chi connectivity index (χ4n) is 4.53. The highest BCUT2D eigenvalue weighted by Crippen LogP contribution is 2.34. The molecule has 0 unspecified atom stereocenters. The van der Waals surface area contributed by atoms with Gasteiger partial charge in [-0.2, -0.15) is 23.3 Å². The third-order valence-corrected chi connectivity index (χ3v) is 6.11. The van der Waals surface area contributed by atoms with Gasteiger partial charge in [-0.05, 0) is 25.2 Å². The van der Waals surface area contributed by atoms with Crippen LogP contribution in [-0.4, -0.2) is 57.5 Å². The molecule has 0 aromatic carbocycles. The molecule has 11 heteroatoms. The van der Waals surface area contributed by atoms with E-state index in [0.29, 0.717) is 24.6 Å². The second-order valence-corrected chi connectivity index (χ2v) is 8.32. The number of hydrogen-bond acceptors (Lipinski definition) is 6. The summed E-state index contributed by atoms with van der Waals surface area (Å²) in [5, 5.41) is 9.54. The highest BCUT2D eigenvalue weighted by Gasteiger charge is 2.35. The summed E-state index contributed by atoms with van der Waals surface area (Å²) in [5.74, 6) is 0.367. The zero-order chi connectivity index (χ0) is 22.0. The molecule has 4 rings (SSSR count). The van der Waals surface area contributed by atoms with Crippen LogP contribution >= 0.6 is 0 Å². The molecular formula is C20H27F4N7. The number of rotatable bonds is 6. The Balaban J connectivity index is 1.38. The lowest BCUT2D eigenvalue weighted by molar-refractivity contribution is -0.137. The maximum absolute atomic E-state index is 14.9. The van der Waals surface area contributed by atoms with Crippen molar-refractivity contribution in [1.29, 1.82) is 0 Å². The van der Waals surface area contributed by atoms with Crippen LogP contribution in [0.1, 0.15) is 43.7 Å². The third-order valence-electron chi connectivity index (χ3n) is 6.11. The molecule has 1 aliphatic carbocycles. The quantitative estimate of drug-likeness (QED) is 0.653. The van der Waals surface area contributed by atoms with Crippen LogP contribution in [0.4, 0.5) is 35.0 Å². The van der Waals surface area contributed by atoms with Gasteiger partial charge in [-0.3, -0.25) is 4.68 Å². The van der Waals surface area contributed by atoms with Gasteiger partial charge in [0.2, 0.25) is 5.95 Å². The van der Waals surface area contributed by atoms with Gasteiger partial charge in [0.15, 0.2) is 0 Å². The van der Waals surface area contributed by atoms with Crippen LogP contribution in [0, 0.1) is 5.92 Å². The fourth-order valence-corrected chi connectivity index (χ4v) is 4.53. The van der Waals surface area contributed by atoms with E-state index in [9.17, 15) is 17.6 Å². The Morgan fingerprint density at radius 3 is 2.61 bits per heavy atom. The fraction of sp³-hybridized carbons (Fsp3) is 0.650. The molecule has 7 nitrogen and oxygen atoms in total. The highest BCUT2D eigenvalue weighted by atomic mass is 19.4. The van der Waals surface area contributed by atoms with Gasteiger partial charge in [-0.15, -0.1) is 0 Å². The highest BCUT2D eigenvalue weighted by molar-refractivity contribution is 5.55. The third kappa shape index (κ3) is 5.08. The number of anilines is 3. The Bertz CT molecular complexity index is 879. The van der Waals surface area contributed by atoms with E-state index in [0.717, 1.165) is 19.3 Å². The first-order chi connectivity index (χ1) is 14.8. The molecule has 2 aliphatic rings. The van der Waals surface area contributed by atoms with Crippen molar-refractivity contribution in [1.82, 2.24) is 24.6 Å². The number of likely N-dealkylation sites (tertiary alicyclic amines) is 1. The van der Waals surface area contributed by atoms with E-state index in [2.05, 4.69) is 30.6 Å². The van der Waals surface area contributed by atoms with Gasteiger partial charge < -0.3 is 15.5 Å². The number of nitrogens with one attached hydrogen (secondary N) is 2. The lowest BCUT2D eigenvalue weighted by atomic mass is 10.0. The van der Waals surface area contributed by atoms with Crippen molar-refractivity contribution in [2.75, 3.05) is 37.3 Å². The first-order valence-electron chi connectivity index (χ1n) is 10.6. The lowest BCUT2D eigenvalue weighted by Crippen LogP contribution is -2.44. The van der Waals surface area contributed by atoms with Gasteiger partial charge in [0.05, 0.1) is 17.9 Å². The average molecular weight is 441 g/mol. The summed E-state index contributed by atoms with van der Waals surface area (Å²) in [6, 6.07) is -0.364. The predicted molar refractivity (Wildman–Crippen MR) is 109 cm³/mol. The van der Waals surface area contributed by atoms with Crippen molar-refractivity contribution in [2.45, 2.75) is 50.5 Å². The van der Waals surface area contributed by atoms with E-state index in [-0.39, 0.29) is 17.8 Å². The Hall–Kier alpha value is -2.43. The summed E-state index contributed by atoms with van der Waals surface area (Å²) < 4.78 is 55.4. The summed E-state index contributed by atoms with van der Waals surface area (Å²) in [4.78, 5) is 9.84. The number of halogens is 4. The van der Waals surface area contributed by atoms with E-state index in [1.807, 2.05) is 0 Å². The molecule has 3 heterocycles. The normalized spacial score (nSPS) is 23.3. The van der Waals surface area contributed by atoms with Crippen molar-refractivity contribution in [3.05, 3.63) is 24.2 Å². The molecule has 2 atom stereocenters. The first-order valence-corrected chi connectivity index (χ1v) is 10.6. The first kappa shape index (κ1) is 21.8. The van der Waals surface area contributed by atoms with Gasteiger partial charge in [0.25, 0.3) is 0 Å². The van der Waals surface area contributed by atoms with E-state index in [1.165, 1.54) is 38.9 Å². The number of nitrogens with zero attached hydrogens (tertiary/aromatic N) is 5. The summed E-state index contributed by atoms with van der Waals surface area (Å²) >= 11 is 0. The standard InChI is InChI=1S/C20H27F4N7/c1-25-18-15(20(22,23)24)9-26-19(29-18)28-14-8-27-31(11-14)17-6-7-30(12-16(17)21)10-13-4-2-3-5-13/h8-9,11,13,16-17H,2-7,10,12H2,1H3,(H2,25,26,28,29)/t16-,17-/m1/s1. The van der Waals surface area contributed by atoms with Crippen LogP contribution in [-0.2, 0) is 6.18 Å². The molecule has 1 aliphatic heterocycles. The number of aromatic nitrogens is 4. The zero-order valence-corrected chi connectivity index (χ0v) is 17.4. The molecule has 0 amide bonds. The van der Waals surface area contributed by atoms with Crippen LogP contribution in [0.5, 0.6) is 0 Å². The Morgan fingerprint density at radius 1 is 1.16 bits per heavy atom. The SMILES string of the molecule is CNc1nc(Nc2cnn([C@@H]3CCN(CC4CCCC4)C[C@H]3F)c2)ncc1C(F)(F)F. The van der Waals surface area contributed by atoms with Gasteiger partial charge in [0, 0.05) is 39.1 Å². The Labute approximate surface area is 178 Å². The zero-order valence-electron chi connectivity index (χ0n) is 17.4. The molecule has 0 radical (unpaired) electrons. The summed E-state index contributed by atoms with van der Waals surface area (Å²) in [6.07, 6.45) is 3.99. The number of alkyl halides is 4. The molecule has 0 bridgehead atoms. The van der Waals surface area contributed by atoms with Crippen LogP contribution in [0.2, 0.25) is 0 Å². The molecule has 1 saturated carbocycles. The topological polar surface area (TPSA) is 70.9 Å². The number of hydrogen-bond donors (Lipinski definition) is 2. The minimum Gasteiger partial charge on any atom is -0.372 e. The summed E-state index contributed by atoms with van der Waals surface area (Å²) in [5.41, 5.74) is -0.455. The molecule has 2 N–H and O–H groups in total. The molecule has 170 valence electrons. The van der Waals surface area contributed by atoms with Crippen LogP contribution in [0.3, 0.4) is 0 Å². The van der Waals surface area contributed by atoms with Crippen molar-refractivity contribution < 1.29 is 17.6 Å². The molecule has 2 fully saturated rings. The van der Waals surface area contributed by atoms with Crippen molar-refractivity contribution in [2.24, 2.45) is 5.92 Å². The summed E-state index contributed by atoms with van der Waals surface area (Å²) in [6.45, 7) is 2.20. The maximum Gasteiger partial charge on any atom is 0.421 e. The minimum atomic E-state index is -4.55. The van der Waals surface area contributed by atoms with Gasteiger partial charge in [-0.25, -0.2) is 9.37 Å². The van der Waals surface area contributed by atoms with E-state index >= 15 is 0 Å². The smallest absolute Gasteiger partial charge is 0.372 e. The van der Waals surface area contributed by atoms with E-state index < -0.39 is 17.9 Å². The molecule has 2 aromatic heterocycles. The average Bonchev–Trinajstić information content (AvgIpc) is 3.39. The van der Waals surface area contributed by atoms with Gasteiger partial charge >= 0.3 is 6.18 Å². The molecule has 1 saturated heterocycles. The lowest BCUT2D eigenvalue weighted by Gasteiger charge is -2.36. The molecule has 31 heavy (non-hydrogen) atoms. The maximum atomic E-state index is 14.9. The van der Waals surface area contributed by atoms with Crippen molar-refractivity contribution in [3.63, 3.8) is 0 Å². The largest absolute Gasteiger partial charge is 0.421 e. The monoisotopic (exact) mass is 441 g/mol. The minimum absolute atomic E-state index is 0.0000753. The molecule has 2 aromatic rings. The van der Waals surface area contributed by atoms with Crippen LogP contribution in [0.25, 0.3) is 0 Å². The summed E-state index contributed by atoms with van der Waals surface area (Å²) in [7, 11) is 1.36. The molecular weight excluding hydrogens is 414 g/mol. The van der Waals surface area contributed by atoms with E-state index in [1.54, 1.807) is 10.9 Å². The predicted octanol–water partition coefficient (Wildman–Crippen LogP) is 4.25. The van der Waals surface area contributed by atoms with Crippen LogP contribution in [0.15, 0.2) is 18.6 Å². The number of piperidine rings is 1. The molecule has 0 spiro atoms. The van der Waals surface area contributed by atoms with Crippen LogP contribution < -0.4 is 10.6 Å². The van der Waals surface area contributed by atoms with Crippen molar-refractivity contribution >= 4 is 17.5 Å².